The van der Waals surface area contributed by atoms with Crippen LogP contribution in [-0.2, 0) is 0 Å². The van der Waals surface area contributed by atoms with E-state index in [2.05, 4.69) is 4.98 Å². The number of amides is 1. The summed E-state index contributed by atoms with van der Waals surface area (Å²) in [5.41, 5.74) is 2.85. The minimum atomic E-state index is -0.422. The predicted octanol–water partition coefficient (Wildman–Crippen LogP) is 0.977. The fourth-order valence-electron chi connectivity index (χ4n) is 1.30. The van der Waals surface area contributed by atoms with Gasteiger partial charge in [-0.1, -0.05) is 0 Å². The zero-order valence-electron chi connectivity index (χ0n) is 7.70. The first-order valence-electron chi connectivity index (χ1n) is 4.27. The van der Waals surface area contributed by atoms with E-state index < -0.39 is 5.91 Å². The summed E-state index contributed by atoms with van der Waals surface area (Å²) < 4.78 is 12.8. The van der Waals surface area contributed by atoms with Gasteiger partial charge in [-0.15, -0.1) is 0 Å². The van der Waals surface area contributed by atoms with Crippen molar-refractivity contribution in [3.8, 4) is 0 Å². The Hall–Kier alpha value is -2.01. The number of hydrazine groups is 1. The van der Waals surface area contributed by atoms with Crippen molar-refractivity contribution < 1.29 is 9.18 Å². The van der Waals surface area contributed by atoms with E-state index in [1.54, 1.807) is 12.1 Å². The number of aromatic nitrogens is 1. The highest BCUT2D eigenvalue weighted by molar-refractivity contribution is 5.96. The summed E-state index contributed by atoms with van der Waals surface area (Å²) >= 11 is 0. The molecule has 0 atom stereocenters. The molecule has 0 aliphatic carbocycles. The maximum absolute atomic E-state index is 12.8. The number of nitrogens with one attached hydrogen (secondary N) is 1. The average Bonchev–Trinajstić information content (AvgIpc) is 2.27. The van der Waals surface area contributed by atoms with Crippen molar-refractivity contribution >= 4 is 16.8 Å². The highest BCUT2D eigenvalue weighted by Crippen LogP contribution is 2.14. The minimum Gasteiger partial charge on any atom is -0.290 e. The number of nitrogens with zero attached hydrogens (tertiary/aromatic N) is 1. The smallest absolute Gasteiger partial charge is 0.266 e. The molecule has 0 aliphatic rings. The largest absolute Gasteiger partial charge is 0.290 e. The minimum absolute atomic E-state index is 0.344. The number of pyridine rings is 1. The van der Waals surface area contributed by atoms with Gasteiger partial charge >= 0.3 is 0 Å². The maximum atomic E-state index is 12.8. The molecule has 0 bridgehead atoms. The molecule has 1 heterocycles. The lowest BCUT2D eigenvalue weighted by molar-refractivity contribution is 0.0953. The first-order valence-corrected chi connectivity index (χ1v) is 4.27. The van der Waals surface area contributed by atoms with Gasteiger partial charge in [0.15, 0.2) is 0 Å². The maximum Gasteiger partial charge on any atom is 0.266 e. The van der Waals surface area contributed by atoms with Crippen molar-refractivity contribution in [1.29, 1.82) is 0 Å². The van der Waals surface area contributed by atoms with Gasteiger partial charge in [-0.2, -0.15) is 0 Å². The number of hydrogen-bond donors (Lipinski definition) is 2. The van der Waals surface area contributed by atoms with Crippen LogP contribution in [0.15, 0.2) is 30.5 Å². The van der Waals surface area contributed by atoms with E-state index in [0.717, 1.165) is 0 Å². The van der Waals surface area contributed by atoms with Gasteiger partial charge in [0, 0.05) is 17.6 Å². The molecule has 4 nitrogen and oxygen atoms in total. The van der Waals surface area contributed by atoms with Crippen LogP contribution in [0.25, 0.3) is 10.9 Å². The molecule has 1 aromatic carbocycles. The summed E-state index contributed by atoms with van der Waals surface area (Å²) in [5.74, 6) is 4.21. The molecule has 2 aromatic rings. The Morgan fingerprint density at radius 3 is 2.93 bits per heavy atom. The molecule has 0 unspecified atom stereocenters. The third-order valence-corrected chi connectivity index (χ3v) is 2.04. The van der Waals surface area contributed by atoms with E-state index in [9.17, 15) is 9.18 Å². The number of carbonyl (C=O) groups excluding carboxylic acids is 1. The van der Waals surface area contributed by atoms with Crippen LogP contribution in [0.4, 0.5) is 4.39 Å². The second kappa shape index (κ2) is 3.62. The lowest BCUT2D eigenvalue weighted by Gasteiger charge is -2.01. The van der Waals surface area contributed by atoms with Crippen molar-refractivity contribution in [3.63, 3.8) is 0 Å². The SMILES string of the molecule is NNC(=O)c1cnc2cc(F)ccc2c1. The van der Waals surface area contributed by atoms with Crippen LogP contribution in [0.5, 0.6) is 0 Å². The van der Waals surface area contributed by atoms with Crippen LogP contribution in [-0.4, -0.2) is 10.9 Å². The van der Waals surface area contributed by atoms with Crippen molar-refractivity contribution in [2.24, 2.45) is 5.84 Å². The monoisotopic (exact) mass is 205 g/mol. The summed E-state index contributed by atoms with van der Waals surface area (Å²) in [4.78, 5) is 15.1. The molecule has 0 spiro atoms. The molecule has 15 heavy (non-hydrogen) atoms. The zero-order chi connectivity index (χ0) is 10.8. The fraction of sp³-hybridized carbons (Fsp3) is 0. The van der Waals surface area contributed by atoms with Gasteiger partial charge in [0.05, 0.1) is 11.1 Å². The summed E-state index contributed by atoms with van der Waals surface area (Å²) in [6.45, 7) is 0. The molecule has 2 rings (SSSR count). The fourth-order valence-corrected chi connectivity index (χ4v) is 1.30. The standard InChI is InChI=1S/C10H8FN3O/c11-8-2-1-6-3-7(10(15)14-12)5-13-9(6)4-8/h1-5H,12H2,(H,14,15). The highest BCUT2D eigenvalue weighted by Gasteiger charge is 2.05. The number of halogens is 1. The Bertz CT molecular complexity index is 527. The molecule has 76 valence electrons. The van der Waals surface area contributed by atoms with Crippen LogP contribution >= 0.6 is 0 Å². The number of fused-ring (bicyclic) bond motifs is 1. The van der Waals surface area contributed by atoms with E-state index in [0.29, 0.717) is 16.5 Å². The summed E-state index contributed by atoms with van der Waals surface area (Å²) in [7, 11) is 0. The van der Waals surface area contributed by atoms with Crippen LogP contribution in [0.3, 0.4) is 0 Å². The third-order valence-electron chi connectivity index (χ3n) is 2.04. The first kappa shape index (κ1) is 9.54. The third kappa shape index (κ3) is 1.77. The van der Waals surface area contributed by atoms with Gasteiger partial charge in [0.25, 0.3) is 5.91 Å². The second-order valence-corrected chi connectivity index (χ2v) is 3.03. The van der Waals surface area contributed by atoms with Crippen molar-refractivity contribution in [1.82, 2.24) is 10.4 Å². The first-order chi connectivity index (χ1) is 7.20. The van der Waals surface area contributed by atoms with Crippen LogP contribution in [0.2, 0.25) is 0 Å². The molecule has 0 fully saturated rings. The number of hydrogen-bond acceptors (Lipinski definition) is 3. The van der Waals surface area contributed by atoms with Crippen LogP contribution in [0, 0.1) is 5.82 Å². The van der Waals surface area contributed by atoms with Crippen molar-refractivity contribution in [2.45, 2.75) is 0 Å². The summed E-state index contributed by atoms with van der Waals surface area (Å²) in [6, 6.07) is 5.78. The highest BCUT2D eigenvalue weighted by atomic mass is 19.1. The summed E-state index contributed by atoms with van der Waals surface area (Å²) in [6.07, 6.45) is 1.35. The number of nitrogens with two attached hydrogens (primary N) is 1. The molecule has 0 saturated heterocycles. The van der Waals surface area contributed by atoms with Gasteiger partial charge < -0.3 is 0 Å². The Balaban J connectivity index is 2.57. The van der Waals surface area contributed by atoms with Crippen molar-refractivity contribution in [3.05, 3.63) is 41.8 Å². The van der Waals surface area contributed by atoms with E-state index in [1.807, 2.05) is 5.43 Å². The zero-order valence-corrected chi connectivity index (χ0v) is 7.70. The van der Waals surface area contributed by atoms with Gasteiger partial charge in [0.1, 0.15) is 5.82 Å². The number of nitrogen functional groups attached to an aromatic ring is 1. The molecule has 5 heteroatoms. The number of rotatable bonds is 1. The van der Waals surface area contributed by atoms with E-state index in [1.165, 1.54) is 18.3 Å². The van der Waals surface area contributed by atoms with E-state index in [4.69, 9.17) is 5.84 Å². The van der Waals surface area contributed by atoms with Crippen LogP contribution < -0.4 is 11.3 Å². The lowest BCUT2D eigenvalue weighted by atomic mass is 10.1. The Morgan fingerprint density at radius 2 is 2.20 bits per heavy atom. The van der Waals surface area contributed by atoms with Gasteiger partial charge in [-0.05, 0) is 18.2 Å². The Morgan fingerprint density at radius 1 is 1.40 bits per heavy atom. The summed E-state index contributed by atoms with van der Waals surface area (Å²) in [5, 5.41) is 0.692. The lowest BCUT2D eigenvalue weighted by Crippen LogP contribution is -2.30. The van der Waals surface area contributed by atoms with E-state index >= 15 is 0 Å². The van der Waals surface area contributed by atoms with Crippen LogP contribution in [0.1, 0.15) is 10.4 Å². The Kier molecular flexibility index (Phi) is 2.31. The molecule has 0 aliphatic heterocycles. The normalized spacial score (nSPS) is 10.3. The molecular weight excluding hydrogens is 197 g/mol. The topological polar surface area (TPSA) is 68.0 Å². The molecule has 0 saturated carbocycles. The molecule has 0 radical (unpaired) electrons. The predicted molar refractivity (Wildman–Crippen MR) is 53.4 cm³/mol. The second-order valence-electron chi connectivity index (χ2n) is 3.03. The molecule has 1 amide bonds. The average molecular weight is 205 g/mol. The Labute approximate surface area is 84.9 Å². The van der Waals surface area contributed by atoms with Gasteiger partial charge in [-0.3, -0.25) is 15.2 Å². The number of carbonyl (C=O) groups is 1. The van der Waals surface area contributed by atoms with Crippen molar-refractivity contribution in [2.75, 3.05) is 0 Å². The molecule has 1 aromatic heterocycles. The quantitative estimate of drug-likeness (QED) is 0.414. The molecule has 3 N–H and O–H groups in total. The number of benzene rings is 1. The van der Waals surface area contributed by atoms with Gasteiger partial charge in [0.2, 0.25) is 0 Å². The van der Waals surface area contributed by atoms with Gasteiger partial charge in [-0.25, -0.2) is 10.2 Å². The van der Waals surface area contributed by atoms with E-state index in [-0.39, 0.29) is 5.82 Å². The molecular formula is C10H8FN3O.